The zero-order valence-electron chi connectivity index (χ0n) is 14.2. The Morgan fingerprint density at radius 3 is 2.75 bits per heavy atom. The van der Waals surface area contributed by atoms with Gasteiger partial charge in [0, 0.05) is 19.8 Å². The summed E-state index contributed by atoms with van der Waals surface area (Å²) in [7, 11) is -2.00. The van der Waals surface area contributed by atoms with Crippen molar-refractivity contribution < 1.29 is 12.8 Å². The van der Waals surface area contributed by atoms with E-state index >= 15 is 0 Å². The van der Waals surface area contributed by atoms with Crippen LogP contribution in [0.25, 0.3) is 0 Å². The second-order valence-electron chi connectivity index (χ2n) is 6.17. The first kappa shape index (κ1) is 17.1. The van der Waals surface area contributed by atoms with E-state index in [2.05, 4.69) is 4.98 Å². The van der Waals surface area contributed by atoms with Gasteiger partial charge in [-0.3, -0.25) is 4.98 Å². The summed E-state index contributed by atoms with van der Waals surface area (Å²) in [5, 5.41) is 0. The van der Waals surface area contributed by atoms with Gasteiger partial charge < -0.3 is 4.42 Å². The van der Waals surface area contributed by atoms with Crippen LogP contribution < -0.4 is 0 Å². The summed E-state index contributed by atoms with van der Waals surface area (Å²) in [6, 6.07) is 8.70. The molecule has 24 heavy (non-hydrogen) atoms. The molecule has 1 fully saturated rings. The number of aryl methyl sites for hydroxylation is 1. The SMILES string of the molecule is Cc1ccc([C@@H]2CCCN2S(=O)(=O)N(C)[C@@H](C)c2ccccn2)o1. The van der Waals surface area contributed by atoms with E-state index in [-0.39, 0.29) is 12.1 Å². The lowest BCUT2D eigenvalue weighted by atomic mass is 10.2. The van der Waals surface area contributed by atoms with E-state index in [1.165, 1.54) is 4.31 Å². The average Bonchev–Trinajstić information content (AvgIpc) is 3.23. The van der Waals surface area contributed by atoms with E-state index in [0.29, 0.717) is 12.3 Å². The summed E-state index contributed by atoms with van der Waals surface area (Å²) in [6.45, 7) is 4.22. The molecule has 130 valence electrons. The van der Waals surface area contributed by atoms with Crippen LogP contribution in [0.2, 0.25) is 0 Å². The summed E-state index contributed by atoms with van der Waals surface area (Å²) in [4.78, 5) is 4.28. The van der Waals surface area contributed by atoms with Crippen molar-refractivity contribution >= 4 is 10.2 Å². The fourth-order valence-corrected chi connectivity index (χ4v) is 4.84. The van der Waals surface area contributed by atoms with Crippen molar-refractivity contribution in [2.24, 2.45) is 0 Å². The predicted molar refractivity (Wildman–Crippen MR) is 91.5 cm³/mol. The Morgan fingerprint density at radius 1 is 1.33 bits per heavy atom. The molecule has 0 amide bonds. The predicted octanol–water partition coefficient (Wildman–Crippen LogP) is 3.06. The molecule has 7 heteroatoms. The molecule has 2 aromatic heterocycles. The molecule has 2 aromatic rings. The van der Waals surface area contributed by atoms with E-state index in [0.717, 1.165) is 24.3 Å². The minimum absolute atomic E-state index is 0.234. The Morgan fingerprint density at radius 2 is 2.12 bits per heavy atom. The van der Waals surface area contributed by atoms with Gasteiger partial charge in [-0.1, -0.05) is 6.07 Å². The minimum atomic E-state index is -3.61. The third kappa shape index (κ3) is 3.11. The quantitative estimate of drug-likeness (QED) is 0.832. The third-order valence-electron chi connectivity index (χ3n) is 4.61. The van der Waals surface area contributed by atoms with Crippen LogP contribution in [0.1, 0.15) is 49.1 Å². The van der Waals surface area contributed by atoms with Crippen molar-refractivity contribution in [3.05, 3.63) is 53.7 Å². The van der Waals surface area contributed by atoms with Gasteiger partial charge in [0.15, 0.2) is 0 Å². The standard InChI is InChI=1S/C17H23N3O3S/c1-13-9-10-17(23-13)16-8-6-12-20(16)24(21,22)19(3)14(2)15-7-4-5-11-18-15/h4-5,7,9-11,14,16H,6,8,12H2,1-3H3/t14-,16-/m0/s1. The molecule has 0 saturated carbocycles. The summed E-state index contributed by atoms with van der Waals surface area (Å²) in [6.07, 6.45) is 3.28. The maximum atomic E-state index is 13.1. The Hall–Kier alpha value is -1.70. The van der Waals surface area contributed by atoms with E-state index < -0.39 is 10.2 Å². The van der Waals surface area contributed by atoms with Crippen molar-refractivity contribution in [2.75, 3.05) is 13.6 Å². The Bertz CT molecular complexity index is 788. The summed E-state index contributed by atoms with van der Waals surface area (Å²) >= 11 is 0. The van der Waals surface area contributed by atoms with Gasteiger partial charge in [0.25, 0.3) is 10.2 Å². The molecule has 0 bridgehead atoms. The lowest BCUT2D eigenvalue weighted by Gasteiger charge is -2.31. The molecule has 1 saturated heterocycles. The van der Waals surface area contributed by atoms with Gasteiger partial charge in [-0.2, -0.15) is 17.0 Å². The fraction of sp³-hybridized carbons (Fsp3) is 0.471. The molecule has 0 N–H and O–H groups in total. The first-order valence-corrected chi connectivity index (χ1v) is 9.53. The van der Waals surface area contributed by atoms with Gasteiger partial charge in [-0.05, 0) is 51.0 Å². The van der Waals surface area contributed by atoms with Crippen molar-refractivity contribution in [1.29, 1.82) is 0 Å². The number of rotatable bonds is 5. The van der Waals surface area contributed by atoms with E-state index in [1.54, 1.807) is 17.5 Å². The van der Waals surface area contributed by atoms with Gasteiger partial charge in [-0.25, -0.2) is 0 Å². The largest absolute Gasteiger partial charge is 0.465 e. The average molecular weight is 349 g/mol. The Balaban J connectivity index is 1.86. The number of aromatic nitrogens is 1. The van der Waals surface area contributed by atoms with Crippen molar-refractivity contribution in [1.82, 2.24) is 13.6 Å². The Kier molecular flexibility index (Phi) is 4.76. The molecule has 3 heterocycles. The van der Waals surface area contributed by atoms with Gasteiger partial charge >= 0.3 is 0 Å². The van der Waals surface area contributed by atoms with Crippen LogP contribution in [0.15, 0.2) is 40.9 Å². The number of pyridine rings is 1. The lowest BCUT2D eigenvalue weighted by molar-refractivity contribution is 0.292. The molecule has 6 nitrogen and oxygen atoms in total. The smallest absolute Gasteiger partial charge is 0.283 e. The van der Waals surface area contributed by atoms with Crippen LogP contribution in [-0.4, -0.2) is 35.6 Å². The van der Waals surface area contributed by atoms with E-state index in [1.807, 2.05) is 44.2 Å². The first-order valence-electron chi connectivity index (χ1n) is 8.13. The second-order valence-corrected chi connectivity index (χ2v) is 8.11. The highest BCUT2D eigenvalue weighted by atomic mass is 32.2. The fourth-order valence-electron chi connectivity index (χ4n) is 3.11. The topological polar surface area (TPSA) is 66.7 Å². The van der Waals surface area contributed by atoms with Gasteiger partial charge in [0.1, 0.15) is 11.5 Å². The van der Waals surface area contributed by atoms with Crippen molar-refractivity contribution in [3.63, 3.8) is 0 Å². The van der Waals surface area contributed by atoms with Gasteiger partial charge in [0.05, 0.1) is 17.8 Å². The molecule has 0 unspecified atom stereocenters. The second kappa shape index (κ2) is 6.66. The van der Waals surface area contributed by atoms with Gasteiger partial charge in [0.2, 0.25) is 0 Å². The molecule has 0 spiro atoms. The maximum absolute atomic E-state index is 13.1. The summed E-state index contributed by atoms with van der Waals surface area (Å²) in [5.41, 5.74) is 0.730. The molecule has 1 aliphatic heterocycles. The van der Waals surface area contributed by atoms with Crippen LogP contribution in [0.5, 0.6) is 0 Å². The number of hydrogen-bond acceptors (Lipinski definition) is 4. The van der Waals surface area contributed by atoms with Gasteiger partial charge in [-0.15, -0.1) is 0 Å². The zero-order chi connectivity index (χ0) is 17.3. The highest BCUT2D eigenvalue weighted by Gasteiger charge is 2.40. The maximum Gasteiger partial charge on any atom is 0.283 e. The molecule has 0 aliphatic carbocycles. The molecule has 3 rings (SSSR count). The van der Waals surface area contributed by atoms with Crippen LogP contribution in [0, 0.1) is 6.92 Å². The molecule has 1 aliphatic rings. The molecule has 0 radical (unpaired) electrons. The highest BCUT2D eigenvalue weighted by molar-refractivity contribution is 7.86. The number of hydrogen-bond donors (Lipinski definition) is 0. The molecular formula is C17H23N3O3S. The van der Waals surface area contributed by atoms with Crippen LogP contribution >= 0.6 is 0 Å². The Labute approximate surface area is 143 Å². The molecular weight excluding hydrogens is 326 g/mol. The lowest BCUT2D eigenvalue weighted by Crippen LogP contribution is -2.42. The monoisotopic (exact) mass is 349 g/mol. The van der Waals surface area contributed by atoms with E-state index in [4.69, 9.17) is 4.42 Å². The van der Waals surface area contributed by atoms with E-state index in [9.17, 15) is 8.42 Å². The minimum Gasteiger partial charge on any atom is -0.465 e. The van der Waals surface area contributed by atoms with Crippen molar-refractivity contribution in [3.8, 4) is 0 Å². The normalized spacial score (nSPS) is 20.6. The van der Waals surface area contributed by atoms with Crippen LogP contribution in [-0.2, 0) is 10.2 Å². The van der Waals surface area contributed by atoms with Crippen LogP contribution in [0.4, 0.5) is 0 Å². The number of furan rings is 1. The van der Waals surface area contributed by atoms with Crippen molar-refractivity contribution in [2.45, 2.75) is 38.8 Å². The third-order valence-corrected chi connectivity index (χ3v) is 6.69. The molecule has 0 aromatic carbocycles. The highest BCUT2D eigenvalue weighted by Crippen LogP contribution is 2.37. The summed E-state index contributed by atoms with van der Waals surface area (Å²) < 4.78 is 34.9. The number of nitrogens with zero attached hydrogens (tertiary/aromatic N) is 3. The zero-order valence-corrected chi connectivity index (χ0v) is 15.0. The first-order chi connectivity index (χ1) is 11.4. The van der Waals surface area contributed by atoms with Crippen LogP contribution in [0.3, 0.4) is 0 Å². The summed E-state index contributed by atoms with van der Waals surface area (Å²) in [5.74, 6) is 1.51. The molecule has 2 atom stereocenters.